The van der Waals surface area contributed by atoms with E-state index in [9.17, 15) is 14.4 Å². The Kier molecular flexibility index (Phi) is 3.48. The van der Waals surface area contributed by atoms with Crippen molar-refractivity contribution in [3.05, 3.63) is 29.3 Å². The number of carbonyl (C=O) groups excluding carboxylic acids is 2. The van der Waals surface area contributed by atoms with Gasteiger partial charge in [0.15, 0.2) is 0 Å². The van der Waals surface area contributed by atoms with Crippen LogP contribution in [-0.2, 0) is 4.79 Å². The van der Waals surface area contributed by atoms with Crippen LogP contribution >= 0.6 is 0 Å². The summed E-state index contributed by atoms with van der Waals surface area (Å²) in [6, 6.07) is 4.55. The molecule has 6 nitrogen and oxygen atoms in total. The van der Waals surface area contributed by atoms with Gasteiger partial charge in [-0.1, -0.05) is 0 Å². The van der Waals surface area contributed by atoms with Crippen molar-refractivity contribution in [3.63, 3.8) is 0 Å². The van der Waals surface area contributed by atoms with E-state index in [2.05, 4.69) is 5.32 Å². The number of nitrogens with zero attached hydrogens (tertiary/aromatic N) is 1. The molecular formula is C14H16N2O4. The predicted molar refractivity (Wildman–Crippen MR) is 72.8 cm³/mol. The van der Waals surface area contributed by atoms with Crippen LogP contribution < -0.4 is 5.32 Å². The van der Waals surface area contributed by atoms with Gasteiger partial charge in [-0.2, -0.15) is 0 Å². The van der Waals surface area contributed by atoms with Gasteiger partial charge in [0, 0.05) is 18.8 Å². The summed E-state index contributed by atoms with van der Waals surface area (Å²) < 4.78 is 0. The van der Waals surface area contributed by atoms with E-state index >= 15 is 0 Å². The quantitative estimate of drug-likeness (QED) is 0.812. The summed E-state index contributed by atoms with van der Waals surface area (Å²) in [5.41, 5.74) is 1.35. The summed E-state index contributed by atoms with van der Waals surface area (Å²) in [6.07, 6.45) is 0. The Morgan fingerprint density at radius 1 is 1.20 bits per heavy atom. The fourth-order valence-electron chi connectivity index (χ4n) is 2.05. The van der Waals surface area contributed by atoms with Gasteiger partial charge in [0.05, 0.1) is 17.0 Å². The van der Waals surface area contributed by atoms with Crippen molar-refractivity contribution >= 4 is 23.5 Å². The number of carboxylic acids is 1. The number of carbonyl (C=O) groups is 3. The Morgan fingerprint density at radius 2 is 1.80 bits per heavy atom. The molecule has 0 fully saturated rings. The molecule has 0 saturated carbocycles. The second kappa shape index (κ2) is 4.96. The maximum Gasteiger partial charge on any atom is 0.308 e. The van der Waals surface area contributed by atoms with Crippen molar-refractivity contribution in [2.24, 2.45) is 5.92 Å². The van der Waals surface area contributed by atoms with E-state index in [1.165, 1.54) is 7.05 Å². The first-order valence-corrected chi connectivity index (χ1v) is 6.28. The van der Waals surface area contributed by atoms with Crippen LogP contribution in [0.1, 0.15) is 34.6 Å². The van der Waals surface area contributed by atoms with E-state index < -0.39 is 11.9 Å². The van der Waals surface area contributed by atoms with E-state index in [0.29, 0.717) is 16.8 Å². The van der Waals surface area contributed by atoms with Gasteiger partial charge in [0.25, 0.3) is 11.8 Å². The van der Waals surface area contributed by atoms with E-state index in [1.807, 2.05) is 0 Å². The molecule has 2 amide bonds. The van der Waals surface area contributed by atoms with Crippen molar-refractivity contribution in [2.45, 2.75) is 19.9 Å². The molecule has 0 bridgehead atoms. The third-order valence-corrected chi connectivity index (χ3v) is 3.62. The maximum absolute atomic E-state index is 11.9. The number of amides is 2. The van der Waals surface area contributed by atoms with Gasteiger partial charge in [-0.25, -0.2) is 0 Å². The lowest BCUT2D eigenvalue weighted by Crippen LogP contribution is -2.29. The molecule has 1 aromatic rings. The fourth-order valence-corrected chi connectivity index (χ4v) is 2.05. The highest BCUT2D eigenvalue weighted by Gasteiger charge is 2.32. The number of aliphatic carboxylic acids is 1. The third kappa shape index (κ3) is 2.24. The van der Waals surface area contributed by atoms with Crippen molar-refractivity contribution in [3.8, 4) is 0 Å². The van der Waals surface area contributed by atoms with Gasteiger partial charge >= 0.3 is 5.97 Å². The van der Waals surface area contributed by atoms with Gasteiger partial charge in [-0.05, 0) is 32.0 Å². The number of nitrogens with one attached hydrogen (secondary N) is 1. The molecule has 2 atom stereocenters. The Labute approximate surface area is 116 Å². The topological polar surface area (TPSA) is 86.7 Å². The zero-order chi connectivity index (χ0) is 15.0. The van der Waals surface area contributed by atoms with Crippen LogP contribution in [0.15, 0.2) is 18.2 Å². The molecule has 1 aliphatic heterocycles. The van der Waals surface area contributed by atoms with E-state index in [0.717, 1.165) is 4.90 Å². The first-order chi connectivity index (χ1) is 9.32. The molecule has 2 N–H and O–H groups in total. The molecule has 0 aliphatic carbocycles. The minimum absolute atomic E-state index is 0.296. The number of fused-ring (bicyclic) bond motifs is 1. The number of rotatable bonds is 4. The average molecular weight is 276 g/mol. The number of imide groups is 1. The average Bonchev–Trinajstić information content (AvgIpc) is 2.62. The largest absolute Gasteiger partial charge is 0.481 e. The number of benzene rings is 1. The van der Waals surface area contributed by atoms with Crippen molar-refractivity contribution < 1.29 is 19.5 Å². The zero-order valence-corrected chi connectivity index (χ0v) is 11.5. The van der Waals surface area contributed by atoms with Gasteiger partial charge < -0.3 is 10.4 Å². The van der Waals surface area contributed by atoms with Crippen molar-refractivity contribution in [1.29, 1.82) is 0 Å². The van der Waals surface area contributed by atoms with Crippen molar-refractivity contribution in [2.75, 3.05) is 12.4 Å². The SMILES string of the molecule is CC(Nc1ccc2c(c1)C(=O)N(C)C2=O)C(C)C(=O)O. The summed E-state index contributed by atoms with van der Waals surface area (Å²) in [5.74, 6) is -2.11. The summed E-state index contributed by atoms with van der Waals surface area (Å²) in [6.45, 7) is 3.36. The lowest BCUT2D eigenvalue weighted by molar-refractivity contribution is -0.141. The molecular weight excluding hydrogens is 260 g/mol. The van der Waals surface area contributed by atoms with Crippen LogP contribution in [0.25, 0.3) is 0 Å². The molecule has 1 aliphatic rings. The van der Waals surface area contributed by atoms with Gasteiger partial charge in [0.1, 0.15) is 0 Å². The molecule has 1 aromatic carbocycles. The lowest BCUT2D eigenvalue weighted by Gasteiger charge is -2.19. The molecule has 0 spiro atoms. The Bertz CT molecular complexity index is 597. The Balaban J connectivity index is 2.24. The normalized spacial score (nSPS) is 16.9. The monoisotopic (exact) mass is 276 g/mol. The number of hydrogen-bond donors (Lipinski definition) is 2. The van der Waals surface area contributed by atoms with Crippen LogP contribution in [-0.4, -0.2) is 40.9 Å². The Hall–Kier alpha value is -2.37. The van der Waals surface area contributed by atoms with Crippen molar-refractivity contribution in [1.82, 2.24) is 4.90 Å². The number of carboxylic acid groups (broad SMARTS) is 1. The van der Waals surface area contributed by atoms with Crippen LogP contribution in [0.3, 0.4) is 0 Å². The molecule has 0 saturated heterocycles. The predicted octanol–water partition coefficient (Wildman–Crippen LogP) is 1.43. The van der Waals surface area contributed by atoms with E-state index in [-0.39, 0.29) is 17.9 Å². The first kappa shape index (κ1) is 14.0. The molecule has 106 valence electrons. The molecule has 2 rings (SSSR count). The van der Waals surface area contributed by atoms with Gasteiger partial charge in [-0.15, -0.1) is 0 Å². The van der Waals surface area contributed by atoms with Crippen LogP contribution in [0, 0.1) is 5.92 Å². The number of anilines is 1. The Morgan fingerprint density at radius 3 is 2.40 bits per heavy atom. The second-order valence-corrected chi connectivity index (χ2v) is 4.99. The minimum Gasteiger partial charge on any atom is -0.481 e. The fraction of sp³-hybridized carbons (Fsp3) is 0.357. The highest BCUT2D eigenvalue weighted by molar-refractivity contribution is 6.21. The van der Waals surface area contributed by atoms with E-state index in [1.54, 1.807) is 32.0 Å². The van der Waals surface area contributed by atoms with Crippen LogP contribution in [0.5, 0.6) is 0 Å². The molecule has 6 heteroatoms. The standard InChI is InChI=1S/C14H16N2O4/c1-7(14(19)20)8(2)15-9-4-5-10-11(6-9)13(18)16(3)12(10)17/h4-8,15H,1-3H3,(H,19,20). The highest BCUT2D eigenvalue weighted by atomic mass is 16.4. The summed E-state index contributed by atoms with van der Waals surface area (Å²) >= 11 is 0. The van der Waals surface area contributed by atoms with E-state index in [4.69, 9.17) is 5.11 Å². The molecule has 20 heavy (non-hydrogen) atoms. The first-order valence-electron chi connectivity index (χ1n) is 6.28. The van der Waals surface area contributed by atoms with Crippen LogP contribution in [0.2, 0.25) is 0 Å². The minimum atomic E-state index is -0.892. The summed E-state index contributed by atoms with van der Waals surface area (Å²) in [7, 11) is 1.44. The molecule has 0 aromatic heterocycles. The highest BCUT2D eigenvalue weighted by Crippen LogP contribution is 2.25. The van der Waals surface area contributed by atoms with Gasteiger partial charge in [-0.3, -0.25) is 19.3 Å². The second-order valence-electron chi connectivity index (χ2n) is 4.99. The zero-order valence-electron chi connectivity index (χ0n) is 11.5. The summed E-state index contributed by atoms with van der Waals surface area (Å²) in [5, 5.41) is 12.0. The lowest BCUT2D eigenvalue weighted by atomic mass is 10.0. The van der Waals surface area contributed by atoms with Gasteiger partial charge in [0.2, 0.25) is 0 Å². The third-order valence-electron chi connectivity index (χ3n) is 3.62. The number of hydrogen-bond acceptors (Lipinski definition) is 4. The van der Waals surface area contributed by atoms with Crippen LogP contribution in [0.4, 0.5) is 5.69 Å². The molecule has 0 radical (unpaired) electrons. The maximum atomic E-state index is 11.9. The molecule has 2 unspecified atom stereocenters. The summed E-state index contributed by atoms with van der Waals surface area (Å²) in [4.78, 5) is 35.6. The molecule has 1 heterocycles. The smallest absolute Gasteiger partial charge is 0.308 e.